The van der Waals surface area contributed by atoms with Crippen LogP contribution in [0.15, 0.2) is 11.1 Å². The summed E-state index contributed by atoms with van der Waals surface area (Å²) in [6.45, 7) is 8.62. The van der Waals surface area contributed by atoms with Crippen molar-refractivity contribution >= 4 is 5.78 Å². The Morgan fingerprint density at radius 3 is 2.43 bits per heavy atom. The summed E-state index contributed by atoms with van der Waals surface area (Å²) < 4.78 is 0. The fourth-order valence-electron chi connectivity index (χ4n) is 2.26. The van der Waals surface area contributed by atoms with Crippen LogP contribution in [0.3, 0.4) is 0 Å². The smallest absolute Gasteiger partial charge is 0.159 e. The van der Waals surface area contributed by atoms with Crippen molar-refractivity contribution in [2.75, 3.05) is 0 Å². The highest BCUT2D eigenvalue weighted by Crippen LogP contribution is 2.41. The molecule has 0 aromatic carbocycles. The van der Waals surface area contributed by atoms with Crippen LogP contribution in [-0.4, -0.2) is 5.78 Å². The lowest BCUT2D eigenvalue weighted by Crippen LogP contribution is -2.27. The second kappa shape index (κ2) is 4.29. The van der Waals surface area contributed by atoms with Crippen LogP contribution < -0.4 is 0 Å². The maximum atomic E-state index is 11.8. The lowest BCUT2D eigenvalue weighted by Gasteiger charge is -2.34. The molecular weight excluding hydrogens is 172 g/mol. The molecule has 0 heterocycles. The van der Waals surface area contributed by atoms with E-state index in [1.54, 1.807) is 0 Å². The number of carbonyl (C=O) groups is 1. The van der Waals surface area contributed by atoms with Crippen molar-refractivity contribution in [3.05, 3.63) is 11.1 Å². The summed E-state index contributed by atoms with van der Waals surface area (Å²) in [4.78, 5) is 11.8. The van der Waals surface area contributed by atoms with Crippen LogP contribution in [0.2, 0.25) is 0 Å². The number of hydrogen-bond donors (Lipinski definition) is 0. The quantitative estimate of drug-likeness (QED) is 0.666. The molecule has 0 saturated heterocycles. The molecule has 0 aromatic rings. The molecule has 0 aliphatic heterocycles. The third kappa shape index (κ3) is 2.26. The molecule has 14 heavy (non-hydrogen) atoms. The van der Waals surface area contributed by atoms with Crippen molar-refractivity contribution in [1.29, 1.82) is 0 Å². The number of rotatable bonds is 3. The van der Waals surface area contributed by atoms with Crippen LogP contribution in [0.25, 0.3) is 0 Å². The van der Waals surface area contributed by atoms with E-state index in [4.69, 9.17) is 0 Å². The van der Waals surface area contributed by atoms with E-state index >= 15 is 0 Å². The number of ketones is 1. The van der Waals surface area contributed by atoms with Gasteiger partial charge in [-0.15, -0.1) is 0 Å². The van der Waals surface area contributed by atoms with E-state index in [2.05, 4.69) is 20.8 Å². The average molecular weight is 194 g/mol. The Morgan fingerprint density at radius 2 is 1.93 bits per heavy atom. The number of Topliss-reactive ketones (excluding diaryl/α,β-unsaturated/α-hetero) is 1. The highest BCUT2D eigenvalue weighted by atomic mass is 16.1. The molecule has 0 fully saturated rings. The van der Waals surface area contributed by atoms with Crippen molar-refractivity contribution in [1.82, 2.24) is 0 Å². The van der Waals surface area contributed by atoms with Crippen molar-refractivity contribution in [2.24, 2.45) is 5.41 Å². The Labute approximate surface area is 87.6 Å². The van der Waals surface area contributed by atoms with Gasteiger partial charge in [0.05, 0.1) is 0 Å². The van der Waals surface area contributed by atoms with E-state index < -0.39 is 0 Å². The zero-order chi connectivity index (χ0) is 10.8. The summed E-state index contributed by atoms with van der Waals surface area (Å²) in [6.07, 6.45) is 5.25. The maximum absolute atomic E-state index is 11.8. The number of allylic oxidation sites excluding steroid dienone is 2. The molecule has 0 radical (unpaired) electrons. The van der Waals surface area contributed by atoms with Crippen LogP contribution in [0.4, 0.5) is 0 Å². The molecule has 0 aromatic heterocycles. The summed E-state index contributed by atoms with van der Waals surface area (Å²) in [6, 6.07) is 0. The first-order valence-electron chi connectivity index (χ1n) is 5.74. The van der Waals surface area contributed by atoms with Gasteiger partial charge in [-0.3, -0.25) is 4.79 Å². The highest BCUT2D eigenvalue weighted by molar-refractivity contribution is 5.96. The van der Waals surface area contributed by atoms with Gasteiger partial charge in [0, 0.05) is 6.42 Å². The summed E-state index contributed by atoms with van der Waals surface area (Å²) in [7, 11) is 0. The molecule has 1 atom stereocenters. The summed E-state index contributed by atoms with van der Waals surface area (Å²) in [5.74, 6) is 0.379. The van der Waals surface area contributed by atoms with E-state index in [1.807, 2.05) is 6.92 Å². The van der Waals surface area contributed by atoms with Crippen LogP contribution in [0.5, 0.6) is 0 Å². The van der Waals surface area contributed by atoms with Crippen molar-refractivity contribution in [2.45, 2.75) is 59.8 Å². The first-order chi connectivity index (χ1) is 6.52. The third-order valence-corrected chi connectivity index (χ3v) is 3.58. The lowest BCUT2D eigenvalue weighted by molar-refractivity contribution is -0.118. The fourth-order valence-corrected chi connectivity index (χ4v) is 2.26. The molecular formula is C13H22O. The van der Waals surface area contributed by atoms with Gasteiger partial charge in [-0.1, -0.05) is 32.8 Å². The Morgan fingerprint density at radius 1 is 1.29 bits per heavy atom. The first kappa shape index (κ1) is 11.5. The molecule has 0 N–H and O–H groups in total. The number of hydrogen-bond acceptors (Lipinski definition) is 1. The molecule has 1 unspecified atom stereocenters. The molecule has 0 bridgehead atoms. The molecule has 0 saturated carbocycles. The van der Waals surface area contributed by atoms with Gasteiger partial charge in [-0.05, 0) is 37.2 Å². The minimum Gasteiger partial charge on any atom is -0.295 e. The second-order valence-corrected chi connectivity index (χ2v) is 4.92. The summed E-state index contributed by atoms with van der Waals surface area (Å²) in [5.41, 5.74) is 2.70. The molecule has 1 aliphatic rings. The van der Waals surface area contributed by atoms with Gasteiger partial charge in [-0.2, -0.15) is 0 Å². The second-order valence-electron chi connectivity index (χ2n) is 4.92. The van der Waals surface area contributed by atoms with Gasteiger partial charge in [0.25, 0.3) is 0 Å². The topological polar surface area (TPSA) is 17.1 Å². The van der Waals surface area contributed by atoms with Crippen molar-refractivity contribution in [3.63, 3.8) is 0 Å². The Kier molecular flexibility index (Phi) is 3.52. The zero-order valence-electron chi connectivity index (χ0n) is 9.94. The van der Waals surface area contributed by atoms with Gasteiger partial charge < -0.3 is 0 Å². The monoisotopic (exact) mass is 194 g/mol. The summed E-state index contributed by atoms with van der Waals surface area (Å²) in [5, 5.41) is 0. The van der Waals surface area contributed by atoms with E-state index in [0.29, 0.717) is 5.78 Å². The molecule has 1 rings (SSSR count). The fraction of sp³-hybridized carbons (Fsp3) is 0.769. The molecule has 1 aliphatic carbocycles. The highest BCUT2D eigenvalue weighted by Gasteiger charge is 2.32. The van der Waals surface area contributed by atoms with Crippen LogP contribution in [0, 0.1) is 5.41 Å². The summed E-state index contributed by atoms with van der Waals surface area (Å²) >= 11 is 0. The van der Waals surface area contributed by atoms with Crippen LogP contribution in [0.1, 0.15) is 59.8 Å². The normalized spacial score (nSPS) is 28.4. The Balaban J connectivity index is 2.90. The van der Waals surface area contributed by atoms with Gasteiger partial charge in [-0.25, -0.2) is 0 Å². The van der Waals surface area contributed by atoms with Crippen molar-refractivity contribution < 1.29 is 4.79 Å². The largest absolute Gasteiger partial charge is 0.295 e. The SMILES string of the molecule is CCCC1=C(C)C(=O)CC(C)(CC)C1. The van der Waals surface area contributed by atoms with Crippen LogP contribution in [-0.2, 0) is 4.79 Å². The standard InChI is InChI=1S/C13H22O/c1-5-7-11-8-13(4,6-2)9-12(14)10(11)3/h5-9H2,1-4H3. The predicted molar refractivity (Wildman–Crippen MR) is 60.2 cm³/mol. The van der Waals surface area contributed by atoms with E-state index in [0.717, 1.165) is 37.7 Å². The van der Waals surface area contributed by atoms with Gasteiger partial charge in [0.2, 0.25) is 0 Å². The zero-order valence-corrected chi connectivity index (χ0v) is 9.94. The Bertz CT molecular complexity index is 262. The van der Waals surface area contributed by atoms with Crippen LogP contribution >= 0.6 is 0 Å². The minimum absolute atomic E-state index is 0.237. The van der Waals surface area contributed by atoms with Gasteiger partial charge >= 0.3 is 0 Å². The lowest BCUT2D eigenvalue weighted by atomic mass is 9.70. The van der Waals surface area contributed by atoms with Crippen molar-refractivity contribution in [3.8, 4) is 0 Å². The molecule has 0 spiro atoms. The van der Waals surface area contributed by atoms with E-state index in [-0.39, 0.29) is 5.41 Å². The van der Waals surface area contributed by atoms with E-state index in [9.17, 15) is 4.79 Å². The molecule has 1 nitrogen and oxygen atoms in total. The average Bonchev–Trinajstić information content (AvgIpc) is 2.14. The molecule has 0 amide bonds. The third-order valence-electron chi connectivity index (χ3n) is 3.58. The minimum atomic E-state index is 0.237. The Hall–Kier alpha value is -0.590. The van der Waals surface area contributed by atoms with Gasteiger partial charge in [0.15, 0.2) is 5.78 Å². The van der Waals surface area contributed by atoms with Gasteiger partial charge in [0.1, 0.15) is 0 Å². The first-order valence-corrected chi connectivity index (χ1v) is 5.74. The molecule has 1 heteroatoms. The number of carbonyl (C=O) groups excluding carboxylic acids is 1. The maximum Gasteiger partial charge on any atom is 0.159 e. The van der Waals surface area contributed by atoms with E-state index in [1.165, 1.54) is 5.57 Å². The molecule has 80 valence electrons. The predicted octanol–water partition coefficient (Wildman–Crippen LogP) is 3.88.